The number of piperidine rings is 1. The average molecular weight is 443 g/mol. The largest absolute Gasteiger partial charge is 0.444 e. The van der Waals surface area contributed by atoms with Gasteiger partial charge in [0.25, 0.3) is 0 Å². The van der Waals surface area contributed by atoms with Gasteiger partial charge in [0, 0.05) is 39.8 Å². The van der Waals surface area contributed by atoms with Crippen molar-refractivity contribution < 1.29 is 9.53 Å². The topological polar surface area (TPSA) is 83.8 Å². The second kappa shape index (κ2) is 10.7. The summed E-state index contributed by atoms with van der Waals surface area (Å²) in [7, 11) is 1.79. The third-order valence-corrected chi connectivity index (χ3v) is 5.65. The van der Waals surface area contributed by atoms with Crippen LogP contribution in [0.1, 0.15) is 45.9 Å². The monoisotopic (exact) mass is 442 g/mol. The van der Waals surface area contributed by atoms with Gasteiger partial charge < -0.3 is 24.8 Å². The van der Waals surface area contributed by atoms with Crippen molar-refractivity contribution in [1.29, 1.82) is 0 Å². The van der Waals surface area contributed by atoms with Crippen molar-refractivity contribution >= 4 is 23.1 Å². The molecule has 0 saturated carbocycles. The summed E-state index contributed by atoms with van der Waals surface area (Å²) in [6.45, 7) is 11.8. The number of imidazole rings is 1. The maximum absolute atomic E-state index is 12.4. The molecule has 0 spiro atoms. The lowest BCUT2D eigenvalue weighted by atomic mass is 9.98. The molecule has 1 saturated heterocycles. The molecule has 1 aliphatic rings. The second-order valence-corrected chi connectivity index (χ2v) is 9.47. The molecule has 3 rings (SSSR count). The van der Waals surface area contributed by atoms with E-state index in [0.717, 1.165) is 62.7 Å². The number of ether oxygens (including phenoxy) is 1. The number of aryl methyl sites for hydroxylation is 2. The molecule has 1 amide bonds. The van der Waals surface area contributed by atoms with Gasteiger partial charge >= 0.3 is 6.09 Å². The van der Waals surface area contributed by atoms with E-state index >= 15 is 0 Å². The van der Waals surface area contributed by atoms with Gasteiger partial charge in [-0.15, -0.1) is 0 Å². The summed E-state index contributed by atoms with van der Waals surface area (Å²) in [6.07, 6.45) is 2.84. The molecule has 0 radical (unpaired) electrons. The number of hydrogen-bond donors (Lipinski definition) is 2. The number of hydrogen-bond acceptors (Lipinski definition) is 4. The minimum Gasteiger partial charge on any atom is -0.444 e. The van der Waals surface area contributed by atoms with E-state index in [-0.39, 0.29) is 6.09 Å². The van der Waals surface area contributed by atoms with Crippen molar-refractivity contribution in [3.8, 4) is 0 Å². The zero-order valence-electron chi connectivity index (χ0n) is 20.1. The Labute approximate surface area is 191 Å². The number of benzene rings is 1. The summed E-state index contributed by atoms with van der Waals surface area (Å²) in [6, 6.07) is 8.25. The Hall–Kier alpha value is -2.77. The van der Waals surface area contributed by atoms with Gasteiger partial charge in [-0.25, -0.2) is 9.78 Å². The van der Waals surface area contributed by atoms with Gasteiger partial charge in [-0.1, -0.05) is 12.1 Å². The minimum absolute atomic E-state index is 0.216. The maximum Gasteiger partial charge on any atom is 0.410 e. The first-order valence-corrected chi connectivity index (χ1v) is 11.6. The van der Waals surface area contributed by atoms with E-state index in [9.17, 15) is 4.79 Å². The summed E-state index contributed by atoms with van der Waals surface area (Å²) in [5, 5.41) is 6.83. The number of carbonyl (C=O) groups is 1. The third kappa shape index (κ3) is 6.61. The SMILES string of the molecule is CN=C(NCCCn1c(C)nc2ccccc21)NCC1CCCN(C(=O)OC(C)(C)C)C1. The lowest BCUT2D eigenvalue weighted by molar-refractivity contribution is 0.0168. The van der Waals surface area contributed by atoms with Gasteiger partial charge in [0.05, 0.1) is 11.0 Å². The third-order valence-electron chi connectivity index (χ3n) is 5.65. The fourth-order valence-corrected chi connectivity index (χ4v) is 4.11. The molecule has 8 heteroatoms. The molecule has 32 heavy (non-hydrogen) atoms. The van der Waals surface area contributed by atoms with E-state index in [1.165, 1.54) is 5.52 Å². The number of carbonyl (C=O) groups excluding carboxylic acids is 1. The molecule has 2 heterocycles. The van der Waals surface area contributed by atoms with Crippen LogP contribution in [-0.2, 0) is 11.3 Å². The Kier molecular flexibility index (Phi) is 7.99. The number of aliphatic imine (C=N–C) groups is 1. The molecule has 1 aromatic carbocycles. The van der Waals surface area contributed by atoms with Crippen LogP contribution in [0.15, 0.2) is 29.3 Å². The van der Waals surface area contributed by atoms with Crippen molar-refractivity contribution in [1.82, 2.24) is 25.1 Å². The van der Waals surface area contributed by atoms with Crippen LogP contribution in [0.2, 0.25) is 0 Å². The first-order chi connectivity index (χ1) is 15.3. The van der Waals surface area contributed by atoms with Crippen molar-refractivity contribution in [3.63, 3.8) is 0 Å². The minimum atomic E-state index is -0.463. The number of guanidine groups is 1. The first kappa shape index (κ1) is 23.9. The van der Waals surface area contributed by atoms with Crippen LogP contribution in [0.4, 0.5) is 4.79 Å². The zero-order chi connectivity index (χ0) is 23.1. The maximum atomic E-state index is 12.4. The van der Waals surface area contributed by atoms with E-state index in [0.29, 0.717) is 12.5 Å². The van der Waals surface area contributed by atoms with E-state index in [2.05, 4.69) is 50.3 Å². The van der Waals surface area contributed by atoms with E-state index in [1.807, 2.05) is 31.7 Å². The highest BCUT2D eigenvalue weighted by atomic mass is 16.6. The normalized spacial score (nSPS) is 17.5. The van der Waals surface area contributed by atoms with Crippen LogP contribution in [0.25, 0.3) is 11.0 Å². The van der Waals surface area contributed by atoms with Gasteiger partial charge in [-0.2, -0.15) is 0 Å². The smallest absolute Gasteiger partial charge is 0.410 e. The Balaban J connectivity index is 1.41. The molecule has 0 aliphatic carbocycles. The number of likely N-dealkylation sites (tertiary alicyclic amines) is 1. The predicted octanol–water partition coefficient (Wildman–Crippen LogP) is 3.55. The number of nitrogens with zero attached hydrogens (tertiary/aromatic N) is 4. The van der Waals surface area contributed by atoms with Gasteiger partial charge in [0.15, 0.2) is 5.96 Å². The number of aromatic nitrogens is 2. The molecule has 1 aromatic heterocycles. The Bertz CT molecular complexity index is 930. The number of para-hydroxylation sites is 2. The van der Waals surface area contributed by atoms with Crippen LogP contribution < -0.4 is 10.6 Å². The van der Waals surface area contributed by atoms with E-state index < -0.39 is 5.60 Å². The fourth-order valence-electron chi connectivity index (χ4n) is 4.11. The summed E-state index contributed by atoms with van der Waals surface area (Å²) in [5.41, 5.74) is 1.76. The zero-order valence-corrected chi connectivity index (χ0v) is 20.1. The van der Waals surface area contributed by atoms with Gasteiger partial charge in [-0.05, 0) is 65.0 Å². The highest BCUT2D eigenvalue weighted by Crippen LogP contribution is 2.19. The van der Waals surface area contributed by atoms with Gasteiger partial charge in [-0.3, -0.25) is 4.99 Å². The van der Waals surface area contributed by atoms with Crippen LogP contribution in [0.3, 0.4) is 0 Å². The molecule has 2 aromatic rings. The Morgan fingerprint density at radius 2 is 2.06 bits per heavy atom. The van der Waals surface area contributed by atoms with E-state index in [1.54, 1.807) is 7.05 Å². The molecule has 0 bridgehead atoms. The standard InChI is InChI=1S/C24H38N6O2/c1-18-28-20-11-6-7-12-21(20)30(18)15-9-13-26-22(25-5)27-16-19-10-8-14-29(17-19)23(31)32-24(2,3)4/h6-7,11-12,19H,8-10,13-17H2,1-5H3,(H2,25,26,27). The first-order valence-electron chi connectivity index (χ1n) is 11.6. The average Bonchev–Trinajstić information content (AvgIpc) is 3.07. The van der Waals surface area contributed by atoms with Crippen LogP contribution in [-0.4, -0.2) is 65.3 Å². The van der Waals surface area contributed by atoms with Crippen molar-refractivity contribution in [2.75, 3.05) is 33.2 Å². The van der Waals surface area contributed by atoms with Crippen LogP contribution >= 0.6 is 0 Å². The number of fused-ring (bicyclic) bond motifs is 1. The Morgan fingerprint density at radius 1 is 1.28 bits per heavy atom. The van der Waals surface area contributed by atoms with Crippen molar-refractivity contribution in [2.45, 2.75) is 59.1 Å². The number of amides is 1. The van der Waals surface area contributed by atoms with Crippen LogP contribution in [0, 0.1) is 12.8 Å². The predicted molar refractivity (Wildman–Crippen MR) is 129 cm³/mol. The molecule has 1 unspecified atom stereocenters. The highest BCUT2D eigenvalue weighted by molar-refractivity contribution is 5.79. The van der Waals surface area contributed by atoms with Gasteiger partial charge in [0.1, 0.15) is 11.4 Å². The number of rotatable bonds is 6. The van der Waals surface area contributed by atoms with Gasteiger partial charge in [0.2, 0.25) is 0 Å². The number of nitrogens with one attached hydrogen (secondary N) is 2. The molecular weight excluding hydrogens is 404 g/mol. The molecule has 176 valence electrons. The summed E-state index contributed by atoms with van der Waals surface area (Å²) in [5.74, 6) is 2.22. The summed E-state index contributed by atoms with van der Waals surface area (Å²) >= 11 is 0. The summed E-state index contributed by atoms with van der Waals surface area (Å²) < 4.78 is 7.79. The van der Waals surface area contributed by atoms with Crippen molar-refractivity contribution in [3.05, 3.63) is 30.1 Å². The molecule has 2 N–H and O–H groups in total. The van der Waals surface area contributed by atoms with Crippen molar-refractivity contribution in [2.24, 2.45) is 10.9 Å². The lowest BCUT2D eigenvalue weighted by Gasteiger charge is -2.34. The summed E-state index contributed by atoms with van der Waals surface area (Å²) in [4.78, 5) is 23.2. The molecule has 8 nitrogen and oxygen atoms in total. The molecular formula is C24H38N6O2. The highest BCUT2D eigenvalue weighted by Gasteiger charge is 2.27. The van der Waals surface area contributed by atoms with E-state index in [4.69, 9.17) is 4.74 Å². The quantitative estimate of drug-likeness (QED) is 0.406. The Morgan fingerprint density at radius 3 is 2.81 bits per heavy atom. The molecule has 1 aliphatic heterocycles. The molecule has 1 fully saturated rings. The lowest BCUT2D eigenvalue weighted by Crippen LogP contribution is -2.47. The van der Waals surface area contributed by atoms with Crippen LogP contribution in [0.5, 0.6) is 0 Å². The second-order valence-electron chi connectivity index (χ2n) is 9.47. The fraction of sp³-hybridized carbons (Fsp3) is 0.625. The molecule has 1 atom stereocenters.